The van der Waals surface area contributed by atoms with Gasteiger partial charge in [0.1, 0.15) is 5.60 Å². The van der Waals surface area contributed by atoms with Crippen molar-refractivity contribution in [2.45, 2.75) is 45.1 Å². The molecule has 0 radical (unpaired) electrons. The van der Waals surface area contributed by atoms with Crippen LogP contribution in [0.25, 0.3) is 0 Å². The molecule has 1 nitrogen and oxygen atoms in total. The van der Waals surface area contributed by atoms with Crippen LogP contribution in [0.15, 0.2) is 0 Å². The van der Waals surface area contributed by atoms with Gasteiger partial charge in [0.25, 0.3) is 0 Å². The summed E-state index contributed by atoms with van der Waals surface area (Å²) in [5.74, 6) is 6.38. The van der Waals surface area contributed by atoms with Gasteiger partial charge in [0.05, 0.1) is 0 Å². The van der Waals surface area contributed by atoms with Crippen molar-refractivity contribution in [1.29, 1.82) is 0 Å². The zero-order valence-corrected chi connectivity index (χ0v) is 7.35. The van der Waals surface area contributed by atoms with Gasteiger partial charge in [-0.3, -0.25) is 0 Å². The Morgan fingerprint density at radius 3 is 2.82 bits per heavy atom. The van der Waals surface area contributed by atoms with E-state index in [-0.39, 0.29) is 0 Å². The highest BCUT2D eigenvalue weighted by atomic mass is 16.3. The van der Waals surface area contributed by atoms with Crippen molar-refractivity contribution in [3.8, 4) is 11.8 Å². The van der Waals surface area contributed by atoms with Crippen LogP contribution < -0.4 is 0 Å². The monoisotopic (exact) mass is 152 g/mol. The molecule has 0 spiro atoms. The van der Waals surface area contributed by atoms with Crippen LogP contribution in [-0.4, -0.2) is 10.7 Å². The molecule has 1 heteroatoms. The van der Waals surface area contributed by atoms with Gasteiger partial charge in [-0.2, -0.15) is 0 Å². The molecule has 0 heterocycles. The summed E-state index contributed by atoms with van der Waals surface area (Å²) in [6.07, 6.45) is 4.06. The fourth-order valence-electron chi connectivity index (χ4n) is 1.82. The molecule has 0 aromatic heterocycles. The first-order valence-electron chi connectivity index (χ1n) is 4.36. The van der Waals surface area contributed by atoms with Crippen LogP contribution in [0, 0.1) is 17.8 Å². The second-order valence-electron chi connectivity index (χ2n) is 3.42. The van der Waals surface area contributed by atoms with Crippen molar-refractivity contribution in [2.24, 2.45) is 5.92 Å². The van der Waals surface area contributed by atoms with E-state index in [2.05, 4.69) is 18.8 Å². The fourth-order valence-corrected chi connectivity index (χ4v) is 1.82. The zero-order valence-electron chi connectivity index (χ0n) is 7.35. The largest absolute Gasteiger partial charge is 0.378 e. The first-order chi connectivity index (χ1) is 5.20. The number of hydrogen-bond donors (Lipinski definition) is 1. The van der Waals surface area contributed by atoms with Gasteiger partial charge in [0.2, 0.25) is 0 Å². The highest BCUT2D eigenvalue weighted by Gasteiger charge is 2.34. The highest BCUT2D eigenvalue weighted by molar-refractivity contribution is 5.14. The smallest absolute Gasteiger partial charge is 0.125 e. The molecule has 0 amide bonds. The summed E-state index contributed by atoms with van der Waals surface area (Å²) in [7, 11) is 0. The topological polar surface area (TPSA) is 20.2 Å². The molecule has 0 saturated heterocycles. The second-order valence-corrected chi connectivity index (χ2v) is 3.42. The number of aliphatic hydroxyl groups is 1. The maximum absolute atomic E-state index is 9.82. The van der Waals surface area contributed by atoms with Crippen LogP contribution in [0.4, 0.5) is 0 Å². The first-order valence-corrected chi connectivity index (χ1v) is 4.36. The molecular formula is C10H16O. The molecule has 0 aliphatic heterocycles. The molecule has 62 valence electrons. The lowest BCUT2D eigenvalue weighted by Crippen LogP contribution is -2.21. The SMILES string of the molecule is CC#CC1(O)CCC(CC)C1. The Morgan fingerprint density at radius 1 is 1.64 bits per heavy atom. The Kier molecular flexibility index (Phi) is 2.57. The van der Waals surface area contributed by atoms with Gasteiger partial charge < -0.3 is 5.11 Å². The molecule has 11 heavy (non-hydrogen) atoms. The molecule has 1 fully saturated rings. The molecule has 0 aromatic rings. The van der Waals surface area contributed by atoms with Crippen molar-refractivity contribution >= 4 is 0 Å². The van der Waals surface area contributed by atoms with Crippen molar-refractivity contribution in [1.82, 2.24) is 0 Å². The summed E-state index contributed by atoms with van der Waals surface area (Å²) >= 11 is 0. The van der Waals surface area contributed by atoms with Crippen LogP contribution in [0.3, 0.4) is 0 Å². The maximum Gasteiger partial charge on any atom is 0.125 e. The van der Waals surface area contributed by atoms with Crippen LogP contribution in [0.1, 0.15) is 39.5 Å². The standard InChI is InChI=1S/C10H16O/c1-3-6-10(11)7-5-9(4-2)8-10/h9,11H,4-5,7-8H2,1-2H3. The predicted molar refractivity (Wildman–Crippen MR) is 46.0 cm³/mol. The summed E-state index contributed by atoms with van der Waals surface area (Å²) < 4.78 is 0. The lowest BCUT2D eigenvalue weighted by atomic mass is 10.00. The van der Waals surface area contributed by atoms with E-state index in [0.717, 1.165) is 19.3 Å². The summed E-state index contributed by atoms with van der Waals surface area (Å²) in [6.45, 7) is 3.97. The molecule has 1 saturated carbocycles. The van der Waals surface area contributed by atoms with E-state index in [0.29, 0.717) is 5.92 Å². The van der Waals surface area contributed by atoms with Gasteiger partial charge in [0, 0.05) is 0 Å². The quantitative estimate of drug-likeness (QED) is 0.569. The van der Waals surface area contributed by atoms with E-state index in [1.165, 1.54) is 6.42 Å². The van der Waals surface area contributed by atoms with E-state index in [1.54, 1.807) is 6.92 Å². The first kappa shape index (κ1) is 8.62. The Hall–Kier alpha value is -0.480. The Morgan fingerprint density at radius 2 is 2.36 bits per heavy atom. The third-order valence-corrected chi connectivity index (χ3v) is 2.53. The minimum atomic E-state index is -0.643. The van der Waals surface area contributed by atoms with Crippen LogP contribution in [0.5, 0.6) is 0 Å². The molecule has 1 rings (SSSR count). The van der Waals surface area contributed by atoms with Crippen LogP contribution in [-0.2, 0) is 0 Å². The second kappa shape index (κ2) is 3.28. The third kappa shape index (κ3) is 1.97. The van der Waals surface area contributed by atoms with Gasteiger partial charge in [-0.25, -0.2) is 0 Å². The normalized spacial score (nSPS) is 36.5. The average Bonchev–Trinajstić information content (AvgIpc) is 2.33. The molecular weight excluding hydrogens is 136 g/mol. The molecule has 1 aliphatic carbocycles. The van der Waals surface area contributed by atoms with E-state index in [4.69, 9.17) is 0 Å². The Balaban J connectivity index is 2.55. The van der Waals surface area contributed by atoms with E-state index in [9.17, 15) is 5.11 Å². The average molecular weight is 152 g/mol. The van der Waals surface area contributed by atoms with Gasteiger partial charge >= 0.3 is 0 Å². The van der Waals surface area contributed by atoms with Crippen molar-refractivity contribution in [3.05, 3.63) is 0 Å². The summed E-state index contributed by atoms with van der Waals surface area (Å²) in [5, 5.41) is 9.82. The van der Waals surface area contributed by atoms with Crippen molar-refractivity contribution in [3.63, 3.8) is 0 Å². The minimum Gasteiger partial charge on any atom is -0.378 e. The number of rotatable bonds is 1. The van der Waals surface area contributed by atoms with Gasteiger partial charge in [0.15, 0.2) is 0 Å². The molecule has 0 aromatic carbocycles. The maximum atomic E-state index is 9.82. The van der Waals surface area contributed by atoms with Crippen LogP contribution >= 0.6 is 0 Å². The fraction of sp³-hybridized carbons (Fsp3) is 0.800. The van der Waals surface area contributed by atoms with E-state index < -0.39 is 5.60 Å². The summed E-state index contributed by atoms with van der Waals surface area (Å²) in [5.41, 5.74) is -0.643. The summed E-state index contributed by atoms with van der Waals surface area (Å²) in [4.78, 5) is 0. The molecule has 1 aliphatic rings. The summed E-state index contributed by atoms with van der Waals surface area (Å²) in [6, 6.07) is 0. The third-order valence-electron chi connectivity index (χ3n) is 2.53. The lowest BCUT2D eigenvalue weighted by Gasteiger charge is -2.14. The molecule has 2 unspecified atom stereocenters. The number of hydrogen-bond acceptors (Lipinski definition) is 1. The van der Waals surface area contributed by atoms with E-state index in [1.807, 2.05) is 0 Å². The minimum absolute atomic E-state index is 0.643. The molecule has 1 N–H and O–H groups in total. The van der Waals surface area contributed by atoms with E-state index >= 15 is 0 Å². The van der Waals surface area contributed by atoms with Gasteiger partial charge in [-0.1, -0.05) is 19.3 Å². The molecule has 0 bridgehead atoms. The van der Waals surface area contributed by atoms with Gasteiger partial charge in [-0.15, -0.1) is 5.92 Å². The Labute approximate surface area is 68.8 Å². The highest BCUT2D eigenvalue weighted by Crippen LogP contribution is 2.35. The Bertz CT molecular complexity index is 187. The van der Waals surface area contributed by atoms with Crippen LogP contribution in [0.2, 0.25) is 0 Å². The van der Waals surface area contributed by atoms with Crippen molar-refractivity contribution in [2.75, 3.05) is 0 Å². The predicted octanol–water partition coefficient (Wildman–Crippen LogP) is 1.95. The van der Waals surface area contributed by atoms with Crippen molar-refractivity contribution < 1.29 is 5.11 Å². The molecule has 2 atom stereocenters. The zero-order chi connectivity index (χ0) is 8.32. The van der Waals surface area contributed by atoms with Gasteiger partial charge in [-0.05, 0) is 32.1 Å². The lowest BCUT2D eigenvalue weighted by molar-refractivity contribution is 0.104.